The Morgan fingerprint density at radius 3 is 2.43 bits per heavy atom. The smallest absolute Gasteiger partial charge is 0.251 e. The average Bonchev–Trinajstić information content (AvgIpc) is 2.43. The maximum atomic E-state index is 12.3. The maximum absolute atomic E-state index is 12.3. The second kappa shape index (κ2) is 5.80. The van der Waals surface area contributed by atoms with Crippen LogP contribution in [0.3, 0.4) is 0 Å². The molecule has 21 heavy (non-hydrogen) atoms. The molecule has 116 valence electrons. The quantitative estimate of drug-likeness (QED) is 0.896. The minimum absolute atomic E-state index is 0.0885. The van der Waals surface area contributed by atoms with E-state index in [1.165, 1.54) is 0 Å². The molecule has 0 atom stereocenters. The molecule has 1 amide bonds. The fourth-order valence-electron chi connectivity index (χ4n) is 2.89. The van der Waals surface area contributed by atoms with Crippen LogP contribution in [0, 0.1) is 19.3 Å². The minimum Gasteiger partial charge on any atom is -0.388 e. The zero-order valence-corrected chi connectivity index (χ0v) is 13.6. The Bertz CT molecular complexity index is 524. The van der Waals surface area contributed by atoms with Gasteiger partial charge in [-0.2, -0.15) is 0 Å². The number of aliphatic hydroxyl groups is 1. The van der Waals surface area contributed by atoms with E-state index in [2.05, 4.69) is 19.2 Å². The number of rotatable bonds is 3. The van der Waals surface area contributed by atoms with E-state index in [0.29, 0.717) is 17.5 Å². The Hall–Kier alpha value is -1.35. The Morgan fingerprint density at radius 2 is 1.81 bits per heavy atom. The highest BCUT2D eigenvalue weighted by Gasteiger charge is 2.36. The fraction of sp³-hybridized carbons (Fsp3) is 0.611. The van der Waals surface area contributed by atoms with Gasteiger partial charge in [-0.05, 0) is 56.6 Å². The van der Waals surface area contributed by atoms with Gasteiger partial charge in [-0.25, -0.2) is 0 Å². The molecule has 0 aliphatic heterocycles. The lowest BCUT2D eigenvalue weighted by Crippen LogP contribution is -2.46. The molecule has 0 unspecified atom stereocenters. The third-order valence-corrected chi connectivity index (χ3v) is 4.75. The van der Waals surface area contributed by atoms with Gasteiger partial charge in [0.25, 0.3) is 5.91 Å². The van der Waals surface area contributed by atoms with Gasteiger partial charge in [-0.1, -0.05) is 31.5 Å². The van der Waals surface area contributed by atoms with Crippen LogP contribution in [0.4, 0.5) is 0 Å². The summed E-state index contributed by atoms with van der Waals surface area (Å²) < 4.78 is 0. The van der Waals surface area contributed by atoms with Crippen molar-refractivity contribution >= 4 is 5.91 Å². The lowest BCUT2D eigenvalue weighted by molar-refractivity contribution is -0.0233. The van der Waals surface area contributed by atoms with Crippen LogP contribution in [0.2, 0.25) is 0 Å². The van der Waals surface area contributed by atoms with Crippen molar-refractivity contribution in [2.24, 2.45) is 5.41 Å². The summed E-state index contributed by atoms with van der Waals surface area (Å²) in [5.41, 5.74) is 2.31. The van der Waals surface area contributed by atoms with Crippen LogP contribution in [0.25, 0.3) is 0 Å². The molecule has 1 aliphatic carbocycles. The van der Waals surface area contributed by atoms with Crippen molar-refractivity contribution in [3.63, 3.8) is 0 Å². The standard InChI is InChI=1S/C18H27NO2/c1-13-5-6-14(2)15(11-13)16(20)19-12-18(21)9-7-17(3,4)8-10-18/h5-6,11,21H,7-10,12H2,1-4H3,(H,19,20). The number of hydrogen-bond donors (Lipinski definition) is 2. The molecule has 2 N–H and O–H groups in total. The highest BCUT2D eigenvalue weighted by molar-refractivity contribution is 5.95. The number of nitrogens with one attached hydrogen (secondary N) is 1. The van der Waals surface area contributed by atoms with Crippen molar-refractivity contribution in [3.8, 4) is 0 Å². The SMILES string of the molecule is Cc1ccc(C)c(C(=O)NCC2(O)CCC(C)(C)CC2)c1. The molecule has 0 heterocycles. The van der Waals surface area contributed by atoms with Crippen molar-refractivity contribution in [3.05, 3.63) is 34.9 Å². The van der Waals surface area contributed by atoms with E-state index in [-0.39, 0.29) is 5.91 Å². The van der Waals surface area contributed by atoms with Gasteiger partial charge in [0.1, 0.15) is 0 Å². The lowest BCUT2D eigenvalue weighted by atomic mass is 9.71. The molecule has 0 spiro atoms. The minimum atomic E-state index is -0.747. The Labute approximate surface area is 127 Å². The molecular formula is C18H27NO2. The topological polar surface area (TPSA) is 49.3 Å². The van der Waals surface area contributed by atoms with E-state index in [1.807, 2.05) is 32.0 Å². The number of carbonyl (C=O) groups is 1. The second-order valence-electron chi connectivity index (χ2n) is 7.39. The fourth-order valence-corrected chi connectivity index (χ4v) is 2.89. The molecule has 1 aromatic carbocycles. The molecule has 1 fully saturated rings. The van der Waals surface area contributed by atoms with E-state index in [1.54, 1.807) is 0 Å². The Kier molecular flexibility index (Phi) is 4.43. The van der Waals surface area contributed by atoms with Gasteiger partial charge >= 0.3 is 0 Å². The lowest BCUT2D eigenvalue weighted by Gasteiger charge is -2.40. The largest absolute Gasteiger partial charge is 0.388 e. The molecule has 0 saturated heterocycles. The highest BCUT2D eigenvalue weighted by atomic mass is 16.3. The van der Waals surface area contributed by atoms with Crippen LogP contribution >= 0.6 is 0 Å². The number of benzene rings is 1. The number of hydrogen-bond acceptors (Lipinski definition) is 2. The maximum Gasteiger partial charge on any atom is 0.251 e. The first kappa shape index (κ1) is 16.0. The molecule has 2 rings (SSSR count). The van der Waals surface area contributed by atoms with Gasteiger partial charge in [0.2, 0.25) is 0 Å². The average molecular weight is 289 g/mol. The Morgan fingerprint density at radius 1 is 1.19 bits per heavy atom. The highest BCUT2D eigenvalue weighted by Crippen LogP contribution is 2.39. The van der Waals surface area contributed by atoms with Crippen molar-refractivity contribution in [2.75, 3.05) is 6.54 Å². The van der Waals surface area contributed by atoms with Crippen molar-refractivity contribution in [1.82, 2.24) is 5.32 Å². The summed E-state index contributed by atoms with van der Waals surface area (Å²) in [4.78, 5) is 12.3. The van der Waals surface area contributed by atoms with Gasteiger partial charge < -0.3 is 10.4 Å². The van der Waals surface area contributed by atoms with Gasteiger partial charge in [0.15, 0.2) is 0 Å². The van der Waals surface area contributed by atoms with Crippen LogP contribution in [0.15, 0.2) is 18.2 Å². The van der Waals surface area contributed by atoms with Crippen molar-refractivity contribution in [2.45, 2.75) is 59.0 Å². The van der Waals surface area contributed by atoms with Gasteiger partial charge in [0.05, 0.1) is 5.60 Å². The molecule has 0 aromatic heterocycles. The number of amides is 1. The predicted molar refractivity (Wildman–Crippen MR) is 85.4 cm³/mol. The van der Waals surface area contributed by atoms with Crippen LogP contribution < -0.4 is 5.32 Å². The first-order chi connectivity index (χ1) is 9.71. The molecular weight excluding hydrogens is 262 g/mol. The first-order valence-corrected chi connectivity index (χ1v) is 7.79. The Balaban J connectivity index is 1.97. The second-order valence-corrected chi connectivity index (χ2v) is 7.39. The molecule has 1 saturated carbocycles. The van der Waals surface area contributed by atoms with Crippen molar-refractivity contribution in [1.29, 1.82) is 0 Å². The van der Waals surface area contributed by atoms with E-state index in [9.17, 15) is 9.90 Å². The number of carbonyl (C=O) groups excluding carboxylic acids is 1. The van der Waals surface area contributed by atoms with Crippen molar-refractivity contribution < 1.29 is 9.90 Å². The van der Waals surface area contributed by atoms with E-state index in [4.69, 9.17) is 0 Å². The third-order valence-electron chi connectivity index (χ3n) is 4.75. The molecule has 0 bridgehead atoms. The summed E-state index contributed by atoms with van der Waals surface area (Å²) in [5.74, 6) is -0.0885. The van der Waals surface area contributed by atoms with Crippen LogP contribution in [0.5, 0.6) is 0 Å². The summed E-state index contributed by atoms with van der Waals surface area (Å²) in [7, 11) is 0. The van der Waals surface area contributed by atoms with Crippen LogP contribution in [-0.4, -0.2) is 23.2 Å². The zero-order chi connectivity index (χ0) is 15.7. The predicted octanol–water partition coefficient (Wildman–Crippen LogP) is 3.36. The van der Waals surface area contributed by atoms with Gasteiger partial charge in [-0.15, -0.1) is 0 Å². The van der Waals surface area contributed by atoms with E-state index >= 15 is 0 Å². The number of aryl methyl sites for hydroxylation is 2. The monoisotopic (exact) mass is 289 g/mol. The van der Waals surface area contributed by atoms with Gasteiger partial charge in [-0.3, -0.25) is 4.79 Å². The molecule has 0 radical (unpaired) electrons. The summed E-state index contributed by atoms with van der Waals surface area (Å²) in [5, 5.41) is 13.5. The van der Waals surface area contributed by atoms with E-state index in [0.717, 1.165) is 36.8 Å². The first-order valence-electron chi connectivity index (χ1n) is 7.79. The van der Waals surface area contributed by atoms with E-state index < -0.39 is 5.60 Å². The zero-order valence-electron chi connectivity index (χ0n) is 13.6. The van der Waals surface area contributed by atoms with Gasteiger partial charge in [0, 0.05) is 12.1 Å². The van der Waals surface area contributed by atoms with Crippen LogP contribution in [0.1, 0.15) is 61.0 Å². The molecule has 1 aromatic rings. The third kappa shape index (κ3) is 4.07. The normalized spacial score (nSPS) is 20.0. The van der Waals surface area contributed by atoms with Crippen LogP contribution in [-0.2, 0) is 0 Å². The summed E-state index contributed by atoms with van der Waals surface area (Å²) in [6.45, 7) is 8.73. The molecule has 1 aliphatic rings. The molecule has 3 nitrogen and oxygen atoms in total. The summed E-state index contributed by atoms with van der Waals surface area (Å²) in [6, 6.07) is 5.86. The summed E-state index contributed by atoms with van der Waals surface area (Å²) >= 11 is 0. The summed E-state index contributed by atoms with van der Waals surface area (Å²) in [6.07, 6.45) is 3.52. The molecule has 3 heteroatoms.